The molecule has 1 fully saturated rings. The van der Waals surface area contributed by atoms with E-state index >= 15 is 0 Å². The van der Waals surface area contributed by atoms with E-state index in [-0.39, 0.29) is 17.9 Å². The molecule has 0 saturated carbocycles. The molecule has 1 unspecified atom stereocenters. The average molecular weight is 431 g/mol. The second-order valence-corrected chi connectivity index (χ2v) is 10.6. The molecule has 0 spiro atoms. The number of sulfonamides is 1. The lowest BCUT2D eigenvalue weighted by atomic mass is 9.93. The topological polar surface area (TPSA) is 83.5 Å². The van der Waals surface area contributed by atoms with E-state index in [0.29, 0.717) is 31.6 Å². The Morgan fingerprint density at radius 3 is 2.40 bits per heavy atom. The zero-order valence-electron chi connectivity index (χ0n) is 18.0. The molecule has 1 amide bonds. The van der Waals surface area contributed by atoms with Gasteiger partial charge < -0.3 is 4.90 Å². The fraction of sp³-hybridized carbons (Fsp3) is 0.500. The number of rotatable bonds is 6. The number of nitrogens with zero attached hydrogens (tertiary/aromatic N) is 4. The fourth-order valence-electron chi connectivity index (χ4n) is 3.98. The first-order valence-electron chi connectivity index (χ1n) is 10.3. The summed E-state index contributed by atoms with van der Waals surface area (Å²) < 4.78 is 26.4. The van der Waals surface area contributed by atoms with Crippen LogP contribution in [-0.2, 0) is 14.8 Å². The van der Waals surface area contributed by atoms with E-state index in [1.54, 1.807) is 44.4 Å². The average Bonchev–Trinajstić information content (AvgIpc) is 2.75. The van der Waals surface area contributed by atoms with Gasteiger partial charge in [0.05, 0.1) is 17.1 Å². The quantitative estimate of drug-likeness (QED) is 0.704. The van der Waals surface area contributed by atoms with Gasteiger partial charge in [0.15, 0.2) is 0 Å². The number of carbonyl (C=O) groups excluding carboxylic acids is 1. The van der Waals surface area contributed by atoms with E-state index in [1.165, 1.54) is 4.31 Å². The second-order valence-electron chi connectivity index (χ2n) is 8.11. The standard InChI is InChI=1S/C22H30N4O3S/c1-16(2)30(28,29)26-13-9-18(10-14-26)22(27)25(4)21(20-15-23-11-12-24-20)19-8-6-5-7-17(19)3/h5-8,11-12,15-16,18,21H,9-10,13-14H2,1-4H3. The van der Waals surface area contributed by atoms with Crippen molar-refractivity contribution >= 4 is 15.9 Å². The molecule has 2 heterocycles. The van der Waals surface area contributed by atoms with Gasteiger partial charge in [-0.25, -0.2) is 12.7 Å². The van der Waals surface area contributed by atoms with Crippen LogP contribution in [0.5, 0.6) is 0 Å². The highest BCUT2D eigenvalue weighted by Gasteiger charge is 2.36. The van der Waals surface area contributed by atoms with Gasteiger partial charge in [-0.3, -0.25) is 14.8 Å². The predicted molar refractivity (Wildman–Crippen MR) is 116 cm³/mol. The second kappa shape index (κ2) is 9.22. The highest BCUT2D eigenvalue weighted by Crippen LogP contribution is 2.31. The van der Waals surface area contributed by atoms with E-state index in [9.17, 15) is 13.2 Å². The Labute approximate surface area is 179 Å². The molecule has 1 aromatic carbocycles. The van der Waals surface area contributed by atoms with Crippen molar-refractivity contribution in [3.05, 3.63) is 59.7 Å². The van der Waals surface area contributed by atoms with Gasteiger partial charge >= 0.3 is 0 Å². The molecule has 1 saturated heterocycles. The van der Waals surface area contributed by atoms with Crippen LogP contribution in [0.1, 0.15) is 49.6 Å². The third-order valence-electron chi connectivity index (χ3n) is 5.84. The van der Waals surface area contributed by atoms with Gasteiger partial charge in [0, 0.05) is 38.4 Å². The first-order valence-corrected chi connectivity index (χ1v) is 11.8. The van der Waals surface area contributed by atoms with Crippen LogP contribution in [0.15, 0.2) is 42.9 Å². The number of amides is 1. The highest BCUT2D eigenvalue weighted by molar-refractivity contribution is 7.89. The summed E-state index contributed by atoms with van der Waals surface area (Å²) in [5.41, 5.74) is 2.79. The van der Waals surface area contributed by atoms with Gasteiger partial charge in [-0.05, 0) is 44.7 Å². The highest BCUT2D eigenvalue weighted by atomic mass is 32.2. The first-order chi connectivity index (χ1) is 14.2. The Hall–Kier alpha value is -2.32. The van der Waals surface area contributed by atoms with Gasteiger partial charge in [0.1, 0.15) is 6.04 Å². The van der Waals surface area contributed by atoms with Crippen molar-refractivity contribution in [2.75, 3.05) is 20.1 Å². The van der Waals surface area contributed by atoms with Crippen molar-refractivity contribution in [3.8, 4) is 0 Å². The Balaban J connectivity index is 1.82. The van der Waals surface area contributed by atoms with Gasteiger partial charge in [-0.15, -0.1) is 0 Å². The van der Waals surface area contributed by atoms with E-state index in [4.69, 9.17) is 0 Å². The van der Waals surface area contributed by atoms with Crippen molar-refractivity contribution < 1.29 is 13.2 Å². The van der Waals surface area contributed by atoms with Crippen LogP contribution < -0.4 is 0 Å². The molecule has 0 aliphatic carbocycles. The number of piperidine rings is 1. The molecule has 1 aromatic heterocycles. The lowest BCUT2D eigenvalue weighted by Gasteiger charge is -2.36. The van der Waals surface area contributed by atoms with Crippen LogP contribution in [0, 0.1) is 12.8 Å². The molecule has 0 N–H and O–H groups in total. The lowest BCUT2D eigenvalue weighted by molar-refractivity contribution is -0.137. The largest absolute Gasteiger partial charge is 0.333 e. The number of hydrogen-bond acceptors (Lipinski definition) is 5. The van der Waals surface area contributed by atoms with Gasteiger partial charge in [0.25, 0.3) is 0 Å². The Bertz CT molecular complexity index is 971. The van der Waals surface area contributed by atoms with E-state index < -0.39 is 15.3 Å². The lowest BCUT2D eigenvalue weighted by Crippen LogP contribution is -2.46. The molecule has 0 radical (unpaired) electrons. The molecule has 7 nitrogen and oxygen atoms in total. The number of benzene rings is 1. The first kappa shape index (κ1) is 22.4. The number of hydrogen-bond donors (Lipinski definition) is 0. The molecule has 3 rings (SSSR count). The molecule has 1 aliphatic rings. The van der Waals surface area contributed by atoms with Crippen molar-refractivity contribution in [1.82, 2.24) is 19.2 Å². The fourth-order valence-corrected chi connectivity index (χ4v) is 5.30. The van der Waals surface area contributed by atoms with Gasteiger partial charge in [0.2, 0.25) is 15.9 Å². The van der Waals surface area contributed by atoms with Crippen LogP contribution in [0.3, 0.4) is 0 Å². The SMILES string of the molecule is Cc1ccccc1C(c1cnccn1)N(C)C(=O)C1CCN(S(=O)(=O)C(C)C)CC1. The van der Waals surface area contributed by atoms with E-state index in [0.717, 1.165) is 11.1 Å². The predicted octanol–water partition coefficient (Wildman–Crippen LogP) is 2.78. The van der Waals surface area contributed by atoms with Gasteiger partial charge in [-0.2, -0.15) is 0 Å². The maximum atomic E-state index is 13.4. The summed E-state index contributed by atoms with van der Waals surface area (Å²) in [4.78, 5) is 23.8. The molecule has 0 bridgehead atoms. The van der Waals surface area contributed by atoms with Crippen molar-refractivity contribution in [2.45, 2.75) is 44.9 Å². The molecule has 1 aliphatic heterocycles. The summed E-state index contributed by atoms with van der Waals surface area (Å²) in [5.74, 6) is -0.202. The van der Waals surface area contributed by atoms with Crippen LogP contribution in [0.25, 0.3) is 0 Å². The van der Waals surface area contributed by atoms with Crippen molar-refractivity contribution in [1.29, 1.82) is 0 Å². The number of aromatic nitrogens is 2. The van der Waals surface area contributed by atoms with Gasteiger partial charge in [-0.1, -0.05) is 24.3 Å². The van der Waals surface area contributed by atoms with Crippen LogP contribution in [-0.4, -0.2) is 58.9 Å². The summed E-state index contributed by atoms with van der Waals surface area (Å²) in [6.07, 6.45) is 5.99. The summed E-state index contributed by atoms with van der Waals surface area (Å²) in [7, 11) is -1.49. The summed E-state index contributed by atoms with van der Waals surface area (Å²) in [6, 6.07) is 7.62. The minimum absolute atomic E-state index is 0.00972. The Morgan fingerprint density at radius 1 is 1.17 bits per heavy atom. The molecule has 8 heteroatoms. The van der Waals surface area contributed by atoms with Crippen molar-refractivity contribution in [3.63, 3.8) is 0 Å². The third kappa shape index (κ3) is 4.54. The minimum Gasteiger partial charge on any atom is -0.333 e. The zero-order chi connectivity index (χ0) is 21.9. The van der Waals surface area contributed by atoms with Crippen LogP contribution in [0.4, 0.5) is 0 Å². The number of carbonyl (C=O) groups is 1. The third-order valence-corrected chi connectivity index (χ3v) is 8.12. The molecular formula is C22H30N4O3S. The molecule has 2 aromatic rings. The molecular weight excluding hydrogens is 400 g/mol. The van der Waals surface area contributed by atoms with E-state index in [1.807, 2.05) is 31.2 Å². The zero-order valence-corrected chi connectivity index (χ0v) is 18.8. The Kier molecular flexibility index (Phi) is 6.88. The van der Waals surface area contributed by atoms with E-state index in [2.05, 4.69) is 9.97 Å². The monoisotopic (exact) mass is 430 g/mol. The minimum atomic E-state index is -3.29. The number of aryl methyl sites for hydroxylation is 1. The molecule has 1 atom stereocenters. The summed E-state index contributed by atoms with van der Waals surface area (Å²) >= 11 is 0. The maximum Gasteiger partial charge on any atom is 0.226 e. The Morgan fingerprint density at radius 2 is 1.83 bits per heavy atom. The normalized spacial score (nSPS) is 17.1. The maximum absolute atomic E-state index is 13.4. The van der Waals surface area contributed by atoms with Crippen molar-refractivity contribution in [2.24, 2.45) is 5.92 Å². The molecule has 30 heavy (non-hydrogen) atoms. The smallest absolute Gasteiger partial charge is 0.226 e. The van der Waals surface area contributed by atoms with Crippen LogP contribution >= 0.6 is 0 Å². The summed E-state index contributed by atoms with van der Waals surface area (Å²) in [6.45, 7) is 6.16. The molecule has 162 valence electrons. The van der Waals surface area contributed by atoms with Crippen LogP contribution in [0.2, 0.25) is 0 Å². The summed E-state index contributed by atoms with van der Waals surface area (Å²) in [5, 5.41) is -0.450.